The number of nitrogens with one attached hydrogen (secondary N) is 1. The number of thiazole rings is 1. The van der Waals surface area contributed by atoms with Gasteiger partial charge >= 0.3 is 0 Å². The summed E-state index contributed by atoms with van der Waals surface area (Å²) in [6, 6.07) is 8.86. The number of nitrogens with zero attached hydrogens (tertiary/aromatic N) is 2. The molecule has 1 N–H and O–H groups in total. The first-order valence-electron chi connectivity index (χ1n) is 7.29. The van der Waals surface area contributed by atoms with E-state index < -0.39 is 11.6 Å². The van der Waals surface area contributed by atoms with Crippen LogP contribution in [0.3, 0.4) is 0 Å². The van der Waals surface area contributed by atoms with Gasteiger partial charge in [0.25, 0.3) is 0 Å². The fraction of sp³-hybridized carbons (Fsp3) is 0.0588. The van der Waals surface area contributed by atoms with Gasteiger partial charge in [-0.3, -0.25) is 5.43 Å². The van der Waals surface area contributed by atoms with Crippen LogP contribution in [-0.2, 0) is 0 Å². The number of anilines is 1. The van der Waals surface area contributed by atoms with Crippen molar-refractivity contribution in [1.82, 2.24) is 4.98 Å². The van der Waals surface area contributed by atoms with Crippen molar-refractivity contribution < 1.29 is 18.3 Å². The van der Waals surface area contributed by atoms with Crippen LogP contribution in [0.25, 0.3) is 11.3 Å². The van der Waals surface area contributed by atoms with Crippen molar-refractivity contribution in [3.05, 3.63) is 59.0 Å². The van der Waals surface area contributed by atoms with E-state index in [1.165, 1.54) is 23.5 Å². The number of hydrogen-bond donors (Lipinski definition) is 1. The van der Waals surface area contributed by atoms with Crippen molar-refractivity contribution in [1.29, 1.82) is 0 Å². The smallest absolute Gasteiger partial charge is 0.231 e. The summed E-state index contributed by atoms with van der Waals surface area (Å²) >= 11 is 1.27. The molecule has 5 nitrogen and oxygen atoms in total. The highest BCUT2D eigenvalue weighted by atomic mass is 32.1. The highest BCUT2D eigenvalue weighted by molar-refractivity contribution is 7.14. The molecule has 1 aliphatic heterocycles. The van der Waals surface area contributed by atoms with Gasteiger partial charge in [0.15, 0.2) is 11.5 Å². The number of halogens is 2. The number of fused-ring (bicyclic) bond motifs is 1. The second-order valence-corrected chi connectivity index (χ2v) is 6.00. The van der Waals surface area contributed by atoms with Crippen LogP contribution in [0.15, 0.2) is 46.9 Å². The van der Waals surface area contributed by atoms with E-state index in [-0.39, 0.29) is 12.4 Å². The summed E-state index contributed by atoms with van der Waals surface area (Å²) in [7, 11) is 0. The Balaban J connectivity index is 1.46. The zero-order valence-corrected chi connectivity index (χ0v) is 13.5. The molecule has 0 saturated carbocycles. The fourth-order valence-electron chi connectivity index (χ4n) is 2.30. The molecule has 0 aliphatic carbocycles. The Kier molecular flexibility index (Phi) is 4.02. The Morgan fingerprint density at radius 1 is 1.12 bits per heavy atom. The maximum Gasteiger partial charge on any atom is 0.231 e. The van der Waals surface area contributed by atoms with E-state index in [9.17, 15) is 8.78 Å². The molecule has 3 aromatic rings. The maximum absolute atomic E-state index is 13.8. The van der Waals surface area contributed by atoms with Gasteiger partial charge in [-0.1, -0.05) is 0 Å². The molecule has 126 valence electrons. The van der Waals surface area contributed by atoms with Gasteiger partial charge in [-0.15, -0.1) is 11.3 Å². The van der Waals surface area contributed by atoms with Crippen LogP contribution in [0.1, 0.15) is 5.56 Å². The lowest BCUT2D eigenvalue weighted by Crippen LogP contribution is -1.93. The molecule has 0 radical (unpaired) electrons. The Bertz CT molecular complexity index is 959. The number of ether oxygens (including phenoxy) is 2. The molecule has 2 aromatic carbocycles. The van der Waals surface area contributed by atoms with E-state index in [0.29, 0.717) is 22.3 Å². The number of hydrazone groups is 1. The SMILES string of the molecule is Fc1ccc(-c2csc(N/N=C/c3ccc4c(c3)OCO4)n2)c(F)c1. The third-order valence-electron chi connectivity index (χ3n) is 3.48. The third-order valence-corrected chi connectivity index (χ3v) is 4.23. The molecule has 0 atom stereocenters. The van der Waals surface area contributed by atoms with Gasteiger partial charge in [-0.05, 0) is 35.9 Å². The zero-order valence-electron chi connectivity index (χ0n) is 12.7. The Labute approximate surface area is 145 Å². The predicted octanol–water partition coefficient (Wildman–Crippen LogP) is 4.26. The molecule has 0 spiro atoms. The Hall–Kier alpha value is -3.00. The number of rotatable bonds is 4. The van der Waals surface area contributed by atoms with Crippen molar-refractivity contribution >= 4 is 22.7 Å². The number of aromatic nitrogens is 1. The van der Waals surface area contributed by atoms with Gasteiger partial charge in [0.2, 0.25) is 11.9 Å². The van der Waals surface area contributed by atoms with Crippen LogP contribution in [0.2, 0.25) is 0 Å². The molecule has 8 heteroatoms. The van der Waals surface area contributed by atoms with Gasteiger partial charge in [-0.2, -0.15) is 5.10 Å². The summed E-state index contributed by atoms with van der Waals surface area (Å²) in [5, 5.41) is 6.28. The second-order valence-electron chi connectivity index (χ2n) is 5.14. The van der Waals surface area contributed by atoms with Gasteiger partial charge in [0, 0.05) is 17.0 Å². The number of benzene rings is 2. The van der Waals surface area contributed by atoms with Gasteiger partial charge in [0.05, 0.1) is 11.9 Å². The molecule has 1 aliphatic rings. The molecular weight excluding hydrogens is 348 g/mol. The molecule has 0 unspecified atom stereocenters. The lowest BCUT2D eigenvalue weighted by molar-refractivity contribution is 0.174. The molecule has 2 heterocycles. The zero-order chi connectivity index (χ0) is 17.2. The standard InChI is InChI=1S/C17H11F2N3O2S/c18-11-2-3-12(13(19)6-11)14-8-25-17(21-14)22-20-7-10-1-4-15-16(5-10)24-9-23-15/h1-8H,9H2,(H,21,22)/b20-7+. The van der Waals surface area contributed by atoms with Crippen molar-refractivity contribution in [2.24, 2.45) is 5.10 Å². The second kappa shape index (κ2) is 6.48. The summed E-state index contributed by atoms with van der Waals surface area (Å²) in [6.45, 7) is 0.218. The van der Waals surface area contributed by atoms with Crippen molar-refractivity contribution in [2.75, 3.05) is 12.2 Å². The first-order chi connectivity index (χ1) is 12.2. The van der Waals surface area contributed by atoms with E-state index in [1.807, 2.05) is 18.2 Å². The fourth-order valence-corrected chi connectivity index (χ4v) is 2.96. The normalized spacial score (nSPS) is 12.7. The van der Waals surface area contributed by atoms with Crippen molar-refractivity contribution in [2.45, 2.75) is 0 Å². The minimum Gasteiger partial charge on any atom is -0.454 e. The highest BCUT2D eigenvalue weighted by Gasteiger charge is 2.12. The summed E-state index contributed by atoms with van der Waals surface area (Å²) in [5.41, 5.74) is 4.28. The monoisotopic (exact) mass is 359 g/mol. The largest absolute Gasteiger partial charge is 0.454 e. The summed E-state index contributed by atoms with van der Waals surface area (Å²) in [6.07, 6.45) is 1.61. The first-order valence-corrected chi connectivity index (χ1v) is 8.17. The molecule has 0 fully saturated rings. The van der Waals surface area contributed by atoms with Gasteiger partial charge in [-0.25, -0.2) is 13.8 Å². The minimum atomic E-state index is -0.652. The van der Waals surface area contributed by atoms with Crippen molar-refractivity contribution in [3.63, 3.8) is 0 Å². The molecule has 0 amide bonds. The van der Waals surface area contributed by atoms with Gasteiger partial charge < -0.3 is 9.47 Å². The highest BCUT2D eigenvalue weighted by Crippen LogP contribution is 2.32. The Morgan fingerprint density at radius 2 is 2.00 bits per heavy atom. The van der Waals surface area contributed by atoms with E-state index in [0.717, 1.165) is 11.6 Å². The number of hydrogen-bond acceptors (Lipinski definition) is 6. The summed E-state index contributed by atoms with van der Waals surface area (Å²) < 4.78 is 37.3. The lowest BCUT2D eigenvalue weighted by Gasteiger charge is -1.99. The summed E-state index contributed by atoms with van der Waals surface area (Å²) in [4.78, 5) is 4.25. The van der Waals surface area contributed by atoms with Crippen LogP contribution in [-0.4, -0.2) is 18.0 Å². The topological polar surface area (TPSA) is 55.7 Å². The molecule has 4 rings (SSSR count). The molecular formula is C17H11F2N3O2S. The first kappa shape index (κ1) is 15.5. The van der Waals surface area contributed by atoms with Crippen LogP contribution in [0, 0.1) is 11.6 Å². The van der Waals surface area contributed by atoms with Gasteiger partial charge in [0.1, 0.15) is 11.6 Å². The molecule has 0 bridgehead atoms. The van der Waals surface area contributed by atoms with E-state index in [1.54, 1.807) is 11.6 Å². The molecule has 25 heavy (non-hydrogen) atoms. The average Bonchev–Trinajstić information content (AvgIpc) is 3.23. The molecule has 0 saturated heterocycles. The summed E-state index contributed by atoms with van der Waals surface area (Å²) in [5.74, 6) is 0.104. The third kappa shape index (κ3) is 3.29. The van der Waals surface area contributed by atoms with E-state index >= 15 is 0 Å². The Morgan fingerprint density at radius 3 is 2.88 bits per heavy atom. The maximum atomic E-state index is 13.8. The predicted molar refractivity (Wildman–Crippen MR) is 91.2 cm³/mol. The molecule has 1 aromatic heterocycles. The lowest BCUT2D eigenvalue weighted by atomic mass is 10.1. The van der Waals surface area contributed by atoms with Crippen LogP contribution >= 0.6 is 11.3 Å². The van der Waals surface area contributed by atoms with E-state index in [2.05, 4.69) is 15.5 Å². The quantitative estimate of drug-likeness (QED) is 0.559. The van der Waals surface area contributed by atoms with Crippen molar-refractivity contribution in [3.8, 4) is 22.8 Å². The van der Waals surface area contributed by atoms with Crippen LogP contribution in [0.4, 0.5) is 13.9 Å². The van der Waals surface area contributed by atoms with E-state index in [4.69, 9.17) is 9.47 Å². The van der Waals surface area contributed by atoms with Crippen LogP contribution in [0.5, 0.6) is 11.5 Å². The van der Waals surface area contributed by atoms with Crippen LogP contribution < -0.4 is 14.9 Å². The minimum absolute atomic E-state index is 0.218. The average molecular weight is 359 g/mol.